The average Bonchev–Trinajstić information content (AvgIpc) is 3.16. The summed E-state index contributed by atoms with van der Waals surface area (Å²) in [7, 11) is 0. The minimum atomic E-state index is -4.38. The predicted octanol–water partition coefficient (Wildman–Crippen LogP) is 7.09. The Kier molecular flexibility index (Phi) is 6.41. The average molecular weight is 523 g/mol. The number of halogens is 5. The number of benzene rings is 2. The van der Waals surface area contributed by atoms with Gasteiger partial charge in [-0.15, -0.1) is 0 Å². The van der Waals surface area contributed by atoms with E-state index in [2.05, 4.69) is 24.3 Å². The van der Waals surface area contributed by atoms with Crippen molar-refractivity contribution in [2.45, 2.75) is 52.3 Å². The first-order valence-corrected chi connectivity index (χ1v) is 12.5. The van der Waals surface area contributed by atoms with Crippen molar-refractivity contribution in [1.29, 1.82) is 0 Å². The molecule has 9 heteroatoms. The zero-order chi connectivity index (χ0) is 25.0. The number of piperidine rings is 1. The first kappa shape index (κ1) is 24.6. The molecule has 2 heterocycles. The van der Waals surface area contributed by atoms with E-state index in [1.54, 1.807) is 28.9 Å². The summed E-state index contributed by atoms with van der Waals surface area (Å²) >= 11 is 12.6. The molecule has 1 aromatic heterocycles. The molecule has 2 aliphatic rings. The van der Waals surface area contributed by atoms with E-state index in [-0.39, 0.29) is 0 Å². The van der Waals surface area contributed by atoms with E-state index in [0.29, 0.717) is 46.1 Å². The van der Waals surface area contributed by atoms with Gasteiger partial charge in [-0.1, -0.05) is 43.1 Å². The Morgan fingerprint density at radius 3 is 2.46 bits per heavy atom. The molecule has 186 valence electrons. The van der Waals surface area contributed by atoms with Gasteiger partial charge in [0, 0.05) is 29.2 Å². The topological polar surface area (TPSA) is 33.1 Å². The lowest BCUT2D eigenvalue weighted by Gasteiger charge is -2.37. The molecule has 35 heavy (non-hydrogen) atoms. The van der Waals surface area contributed by atoms with Crippen LogP contribution in [0.4, 0.5) is 13.2 Å². The van der Waals surface area contributed by atoms with E-state index >= 15 is 0 Å². The first-order chi connectivity index (χ1) is 16.5. The molecule has 4 nitrogen and oxygen atoms in total. The number of aryl methyl sites for hydroxylation is 1. The van der Waals surface area contributed by atoms with Crippen molar-refractivity contribution in [2.75, 3.05) is 13.1 Å². The second-order valence-corrected chi connectivity index (χ2v) is 11.0. The highest BCUT2D eigenvalue weighted by Gasteiger charge is 2.33. The minimum absolute atomic E-state index is 0.350. The first-order valence-electron chi connectivity index (χ1n) is 11.8. The van der Waals surface area contributed by atoms with Crippen molar-refractivity contribution in [1.82, 2.24) is 20.2 Å². The quantitative estimate of drug-likeness (QED) is 0.397. The summed E-state index contributed by atoms with van der Waals surface area (Å²) in [6.45, 7) is 7.04. The second-order valence-electron chi connectivity index (χ2n) is 10.1. The van der Waals surface area contributed by atoms with Gasteiger partial charge >= 0.3 is 6.18 Å². The Morgan fingerprint density at radius 2 is 1.77 bits per heavy atom. The molecule has 1 fully saturated rings. The number of alkyl halides is 3. The van der Waals surface area contributed by atoms with Gasteiger partial charge in [0.1, 0.15) is 0 Å². The molecule has 0 bridgehead atoms. The molecular weight excluding hydrogens is 496 g/mol. The van der Waals surface area contributed by atoms with Crippen molar-refractivity contribution in [3.63, 3.8) is 0 Å². The standard InChI is InChI=1S/C26H27Cl2F3N4/c1-25(2)9-11-34(12-10-25)32-15-22-20-6-3-16-13-17(26(29,30)31)4-7-19(16)24(20)35(33-22)23-8-5-18(27)14-21(23)28/h4-5,7-8,13-14,32H,3,6,9-12,15H2,1-2H3. The van der Waals surface area contributed by atoms with Crippen LogP contribution in [0.3, 0.4) is 0 Å². The number of hydrazine groups is 1. The van der Waals surface area contributed by atoms with Crippen LogP contribution >= 0.6 is 23.2 Å². The fraction of sp³-hybridized carbons (Fsp3) is 0.423. The Bertz CT molecular complexity index is 1260. The van der Waals surface area contributed by atoms with E-state index in [1.807, 2.05) is 0 Å². The lowest BCUT2D eigenvalue weighted by molar-refractivity contribution is -0.137. The van der Waals surface area contributed by atoms with Gasteiger partial charge in [-0.2, -0.15) is 18.3 Å². The molecule has 0 saturated carbocycles. The number of hydrogen-bond acceptors (Lipinski definition) is 3. The van der Waals surface area contributed by atoms with Crippen LogP contribution in [-0.4, -0.2) is 27.9 Å². The zero-order valence-electron chi connectivity index (χ0n) is 19.6. The summed E-state index contributed by atoms with van der Waals surface area (Å²) in [6, 6.07) is 9.13. The molecule has 0 amide bonds. The molecule has 0 radical (unpaired) electrons. The van der Waals surface area contributed by atoms with E-state index in [0.717, 1.165) is 54.5 Å². The Labute approximate surface area is 213 Å². The van der Waals surface area contributed by atoms with Crippen LogP contribution in [0.1, 0.15) is 49.1 Å². The molecular formula is C26H27Cl2F3N4. The third kappa shape index (κ3) is 4.96. The highest BCUT2D eigenvalue weighted by Crippen LogP contribution is 2.41. The maximum absolute atomic E-state index is 13.4. The number of nitrogens with one attached hydrogen (secondary N) is 1. The zero-order valence-corrected chi connectivity index (χ0v) is 21.2. The molecule has 1 N–H and O–H groups in total. The van der Waals surface area contributed by atoms with Crippen LogP contribution in [0.5, 0.6) is 0 Å². The number of fused-ring (bicyclic) bond motifs is 3. The molecule has 0 unspecified atom stereocenters. The van der Waals surface area contributed by atoms with E-state index in [9.17, 15) is 13.2 Å². The van der Waals surface area contributed by atoms with E-state index in [1.165, 1.54) is 6.07 Å². The summed E-state index contributed by atoms with van der Waals surface area (Å²) < 4.78 is 41.8. The van der Waals surface area contributed by atoms with E-state index in [4.69, 9.17) is 28.3 Å². The van der Waals surface area contributed by atoms with E-state index < -0.39 is 11.7 Å². The fourth-order valence-electron chi connectivity index (χ4n) is 4.93. The van der Waals surface area contributed by atoms with Crippen LogP contribution in [0.2, 0.25) is 10.0 Å². The molecule has 3 aromatic rings. The highest BCUT2D eigenvalue weighted by molar-refractivity contribution is 6.35. The Morgan fingerprint density at radius 1 is 1.03 bits per heavy atom. The van der Waals surface area contributed by atoms with Crippen LogP contribution in [0.25, 0.3) is 16.9 Å². The number of aromatic nitrogens is 2. The van der Waals surface area contributed by atoms with Gasteiger partial charge in [-0.25, -0.2) is 15.1 Å². The summed E-state index contributed by atoms with van der Waals surface area (Å²) in [4.78, 5) is 0. The van der Waals surface area contributed by atoms with Crippen LogP contribution in [0.15, 0.2) is 36.4 Å². The smallest absolute Gasteiger partial charge is 0.249 e. The van der Waals surface area contributed by atoms with Crippen LogP contribution in [0, 0.1) is 5.41 Å². The normalized spacial score (nSPS) is 17.8. The Hall–Kier alpha value is -2.06. The molecule has 1 aliphatic heterocycles. The summed E-state index contributed by atoms with van der Waals surface area (Å²) in [6.07, 6.45) is -1.02. The summed E-state index contributed by atoms with van der Waals surface area (Å²) in [5.41, 5.74) is 8.00. The number of hydrogen-bond donors (Lipinski definition) is 1. The molecule has 1 aliphatic carbocycles. The van der Waals surface area contributed by atoms with Gasteiger partial charge in [-0.05, 0) is 67.0 Å². The van der Waals surface area contributed by atoms with Gasteiger partial charge in [-0.3, -0.25) is 0 Å². The van der Waals surface area contributed by atoms with Gasteiger partial charge in [0.2, 0.25) is 0 Å². The second kappa shape index (κ2) is 9.11. The molecule has 0 atom stereocenters. The fourth-order valence-corrected chi connectivity index (χ4v) is 5.42. The van der Waals surface area contributed by atoms with Gasteiger partial charge < -0.3 is 0 Å². The lowest BCUT2D eigenvalue weighted by atomic mass is 9.83. The Balaban J connectivity index is 1.54. The molecule has 5 rings (SSSR count). The molecule has 1 saturated heterocycles. The number of nitrogens with zero attached hydrogens (tertiary/aromatic N) is 3. The largest absolute Gasteiger partial charge is 0.416 e. The maximum Gasteiger partial charge on any atom is 0.416 e. The monoisotopic (exact) mass is 522 g/mol. The molecule has 0 spiro atoms. The van der Waals surface area contributed by atoms with Crippen molar-refractivity contribution >= 4 is 23.2 Å². The van der Waals surface area contributed by atoms with Crippen molar-refractivity contribution in [3.8, 4) is 16.9 Å². The van der Waals surface area contributed by atoms with Crippen molar-refractivity contribution in [3.05, 3.63) is 68.8 Å². The minimum Gasteiger partial charge on any atom is -0.249 e. The lowest BCUT2D eigenvalue weighted by Crippen LogP contribution is -2.45. The van der Waals surface area contributed by atoms with Crippen LogP contribution in [-0.2, 0) is 25.6 Å². The maximum atomic E-state index is 13.4. The van der Waals surface area contributed by atoms with Gasteiger partial charge in [0.25, 0.3) is 0 Å². The van der Waals surface area contributed by atoms with Gasteiger partial charge in [0.15, 0.2) is 0 Å². The predicted molar refractivity (Wildman–Crippen MR) is 133 cm³/mol. The third-order valence-corrected chi connectivity index (χ3v) is 7.66. The highest BCUT2D eigenvalue weighted by atomic mass is 35.5. The van der Waals surface area contributed by atoms with Crippen LogP contribution < -0.4 is 5.43 Å². The van der Waals surface area contributed by atoms with Crippen molar-refractivity contribution in [2.24, 2.45) is 5.41 Å². The summed E-state index contributed by atoms with van der Waals surface area (Å²) in [5, 5.41) is 8.08. The summed E-state index contributed by atoms with van der Waals surface area (Å²) in [5.74, 6) is 0. The van der Waals surface area contributed by atoms with Gasteiger partial charge in [0.05, 0.1) is 34.2 Å². The van der Waals surface area contributed by atoms with Crippen molar-refractivity contribution < 1.29 is 13.2 Å². The number of rotatable bonds is 4. The SMILES string of the molecule is CC1(C)CCN(NCc2nn(-c3ccc(Cl)cc3Cl)c3c2CCc2cc(C(F)(F)F)ccc2-3)CC1. The third-order valence-electron chi connectivity index (χ3n) is 7.12. The molecule has 2 aromatic carbocycles.